The summed E-state index contributed by atoms with van der Waals surface area (Å²) in [4.78, 5) is 11.6. The van der Waals surface area contributed by atoms with Crippen molar-refractivity contribution in [2.45, 2.75) is 0 Å². The number of ether oxygens (including phenoxy) is 3. The highest BCUT2D eigenvalue weighted by Crippen LogP contribution is 2.24. The van der Waals surface area contributed by atoms with Gasteiger partial charge in [0.15, 0.2) is 5.75 Å². The normalized spacial score (nSPS) is 9.79. The van der Waals surface area contributed by atoms with Crippen molar-refractivity contribution in [2.75, 3.05) is 7.11 Å². The average Bonchev–Trinajstić information content (AvgIpc) is 2.42. The van der Waals surface area contributed by atoms with Gasteiger partial charge >= 0.3 is 6.16 Å². The first-order valence-corrected chi connectivity index (χ1v) is 5.85. The number of halogens is 1. The molecule has 0 N–H and O–H groups in total. The van der Waals surface area contributed by atoms with Gasteiger partial charge in [-0.3, -0.25) is 0 Å². The number of hydrogen-bond acceptors (Lipinski definition) is 4. The molecule has 4 nitrogen and oxygen atoms in total. The molecule has 0 saturated carbocycles. The van der Waals surface area contributed by atoms with Crippen molar-refractivity contribution in [3.8, 4) is 17.2 Å². The van der Waals surface area contributed by atoms with Crippen LogP contribution in [0.5, 0.6) is 17.2 Å². The van der Waals surface area contributed by atoms with Gasteiger partial charge in [0, 0.05) is 0 Å². The molecule has 0 aliphatic rings. The molecule has 0 fully saturated rings. The summed E-state index contributed by atoms with van der Waals surface area (Å²) in [6.07, 6.45) is -0.849. The van der Waals surface area contributed by atoms with Gasteiger partial charge in [-0.2, -0.15) is 0 Å². The van der Waals surface area contributed by atoms with Gasteiger partial charge in [-0.25, -0.2) is 4.79 Å². The third kappa shape index (κ3) is 3.63. The number of methoxy groups -OCH3 is 1. The molecule has 0 amide bonds. The smallest absolute Gasteiger partial charge is 0.497 e. The Morgan fingerprint density at radius 2 is 1.58 bits per heavy atom. The fraction of sp³-hybridized carbons (Fsp3) is 0.0714. The minimum Gasteiger partial charge on any atom is -0.497 e. The molecule has 5 heteroatoms. The van der Waals surface area contributed by atoms with Crippen LogP contribution in [0.3, 0.4) is 0 Å². The second kappa shape index (κ2) is 6.11. The summed E-state index contributed by atoms with van der Waals surface area (Å²) >= 11 is 5.86. The molecule has 0 radical (unpaired) electrons. The lowest BCUT2D eigenvalue weighted by molar-refractivity contribution is 0.152. The number of para-hydroxylation sites is 1. The predicted molar refractivity (Wildman–Crippen MR) is 71.1 cm³/mol. The van der Waals surface area contributed by atoms with E-state index in [9.17, 15) is 4.79 Å². The van der Waals surface area contributed by atoms with Gasteiger partial charge in [-0.05, 0) is 36.4 Å². The Morgan fingerprint density at radius 3 is 2.21 bits per heavy atom. The van der Waals surface area contributed by atoms with E-state index in [0.717, 1.165) is 0 Å². The molecule has 2 aromatic carbocycles. The molecule has 0 aliphatic carbocycles. The molecule has 0 saturated heterocycles. The van der Waals surface area contributed by atoms with Crippen molar-refractivity contribution in [2.24, 2.45) is 0 Å². The number of hydrogen-bond donors (Lipinski definition) is 0. The number of rotatable bonds is 3. The lowest BCUT2D eigenvalue weighted by Gasteiger charge is -2.07. The fourth-order valence-electron chi connectivity index (χ4n) is 1.38. The van der Waals surface area contributed by atoms with Crippen molar-refractivity contribution < 1.29 is 19.0 Å². The summed E-state index contributed by atoms with van der Waals surface area (Å²) in [5.74, 6) is 1.28. The SMILES string of the molecule is COc1ccc(OC(=O)Oc2ccccc2Cl)cc1. The molecular weight excluding hydrogens is 268 g/mol. The zero-order valence-electron chi connectivity index (χ0n) is 10.1. The van der Waals surface area contributed by atoms with Gasteiger partial charge < -0.3 is 14.2 Å². The number of carbonyl (C=O) groups excluding carboxylic acids is 1. The Bertz CT molecular complexity index is 566. The summed E-state index contributed by atoms with van der Waals surface area (Å²) in [6, 6.07) is 13.2. The van der Waals surface area contributed by atoms with Crippen LogP contribution in [0.4, 0.5) is 4.79 Å². The van der Waals surface area contributed by atoms with Crippen molar-refractivity contribution in [3.05, 3.63) is 53.6 Å². The quantitative estimate of drug-likeness (QED) is 0.630. The summed E-state index contributed by atoms with van der Waals surface area (Å²) in [5, 5.41) is 0.342. The van der Waals surface area contributed by atoms with Crippen LogP contribution in [-0.4, -0.2) is 13.3 Å². The van der Waals surface area contributed by atoms with Crippen LogP contribution in [0.25, 0.3) is 0 Å². The van der Waals surface area contributed by atoms with Gasteiger partial charge in [-0.1, -0.05) is 23.7 Å². The maximum Gasteiger partial charge on any atom is 0.519 e. The molecule has 0 spiro atoms. The maximum atomic E-state index is 11.6. The first-order valence-electron chi connectivity index (χ1n) is 5.47. The lowest BCUT2D eigenvalue weighted by atomic mass is 10.3. The lowest BCUT2D eigenvalue weighted by Crippen LogP contribution is -2.13. The van der Waals surface area contributed by atoms with E-state index in [1.165, 1.54) is 0 Å². The van der Waals surface area contributed by atoms with E-state index in [-0.39, 0.29) is 5.75 Å². The molecule has 2 aromatic rings. The van der Waals surface area contributed by atoms with E-state index in [0.29, 0.717) is 16.5 Å². The van der Waals surface area contributed by atoms with Crippen molar-refractivity contribution in [1.82, 2.24) is 0 Å². The predicted octanol–water partition coefficient (Wildman–Crippen LogP) is 3.93. The third-order valence-corrected chi connectivity index (χ3v) is 2.60. The van der Waals surface area contributed by atoms with Crippen LogP contribution < -0.4 is 14.2 Å². The first-order chi connectivity index (χ1) is 9.19. The summed E-state index contributed by atoms with van der Waals surface area (Å²) < 4.78 is 15.0. The summed E-state index contributed by atoms with van der Waals surface area (Å²) in [5.41, 5.74) is 0. The average molecular weight is 279 g/mol. The molecule has 0 unspecified atom stereocenters. The molecule has 2 rings (SSSR count). The van der Waals surface area contributed by atoms with Gasteiger partial charge in [0.1, 0.15) is 11.5 Å². The highest BCUT2D eigenvalue weighted by Gasteiger charge is 2.10. The minimum atomic E-state index is -0.849. The third-order valence-electron chi connectivity index (χ3n) is 2.29. The Labute approximate surface area is 115 Å². The minimum absolute atomic E-state index is 0.252. The maximum absolute atomic E-state index is 11.6. The Balaban J connectivity index is 1.99. The van der Waals surface area contributed by atoms with Crippen LogP contribution in [0.2, 0.25) is 5.02 Å². The van der Waals surface area contributed by atoms with Gasteiger partial charge in [-0.15, -0.1) is 0 Å². The highest BCUT2D eigenvalue weighted by molar-refractivity contribution is 6.32. The van der Waals surface area contributed by atoms with Gasteiger partial charge in [0.05, 0.1) is 12.1 Å². The molecule has 98 valence electrons. The Hall–Kier alpha value is -2.20. The van der Waals surface area contributed by atoms with Crippen molar-refractivity contribution >= 4 is 17.8 Å². The molecule has 19 heavy (non-hydrogen) atoms. The van der Waals surface area contributed by atoms with Crippen LogP contribution >= 0.6 is 11.6 Å². The molecule has 0 bridgehead atoms. The second-order valence-electron chi connectivity index (χ2n) is 3.56. The molecular formula is C14H11ClO4. The Morgan fingerprint density at radius 1 is 0.947 bits per heavy atom. The highest BCUT2D eigenvalue weighted by atomic mass is 35.5. The van der Waals surface area contributed by atoms with E-state index in [4.69, 9.17) is 25.8 Å². The molecule has 0 heterocycles. The Kier molecular flexibility index (Phi) is 4.26. The van der Waals surface area contributed by atoms with Gasteiger partial charge in [0.25, 0.3) is 0 Å². The number of carbonyl (C=O) groups is 1. The number of benzene rings is 2. The van der Waals surface area contributed by atoms with E-state index < -0.39 is 6.16 Å². The van der Waals surface area contributed by atoms with Crippen LogP contribution in [0, 0.1) is 0 Å². The van der Waals surface area contributed by atoms with E-state index in [2.05, 4.69) is 0 Å². The zero-order chi connectivity index (χ0) is 13.7. The van der Waals surface area contributed by atoms with Crippen LogP contribution in [0.15, 0.2) is 48.5 Å². The van der Waals surface area contributed by atoms with E-state index >= 15 is 0 Å². The zero-order valence-corrected chi connectivity index (χ0v) is 10.9. The molecule has 0 aromatic heterocycles. The van der Waals surface area contributed by atoms with Crippen LogP contribution in [0.1, 0.15) is 0 Å². The first kappa shape index (κ1) is 13.2. The second-order valence-corrected chi connectivity index (χ2v) is 3.97. The van der Waals surface area contributed by atoms with Crippen molar-refractivity contribution in [3.63, 3.8) is 0 Å². The van der Waals surface area contributed by atoms with E-state index in [1.807, 2.05) is 0 Å². The fourth-order valence-corrected chi connectivity index (χ4v) is 1.55. The summed E-state index contributed by atoms with van der Waals surface area (Å²) in [7, 11) is 1.56. The van der Waals surface area contributed by atoms with Crippen molar-refractivity contribution in [1.29, 1.82) is 0 Å². The standard InChI is InChI=1S/C14H11ClO4/c1-17-10-6-8-11(9-7-10)18-14(16)19-13-5-3-2-4-12(13)15/h2-9H,1H3. The molecule has 0 atom stereocenters. The topological polar surface area (TPSA) is 44.8 Å². The monoisotopic (exact) mass is 278 g/mol. The van der Waals surface area contributed by atoms with Gasteiger partial charge in [0.2, 0.25) is 0 Å². The largest absolute Gasteiger partial charge is 0.519 e. The van der Waals surface area contributed by atoms with Crippen LogP contribution in [-0.2, 0) is 0 Å². The molecule has 0 aliphatic heterocycles. The van der Waals surface area contributed by atoms with E-state index in [1.54, 1.807) is 55.6 Å². The summed E-state index contributed by atoms with van der Waals surface area (Å²) in [6.45, 7) is 0.